The largest absolute Gasteiger partial charge is 0.465 e. The molecule has 0 radical (unpaired) electrons. The zero-order valence-electron chi connectivity index (χ0n) is 6.21. The maximum absolute atomic E-state index is 12.2. The number of halogens is 2. The summed E-state index contributed by atoms with van der Waals surface area (Å²) >= 11 is 0.851. The lowest BCUT2D eigenvalue weighted by atomic mass is 10.2. The van der Waals surface area contributed by atoms with Gasteiger partial charge < -0.3 is 4.74 Å². The zero-order valence-corrected chi connectivity index (χ0v) is 7.03. The molecule has 0 fully saturated rings. The number of methoxy groups -OCH3 is 1. The van der Waals surface area contributed by atoms with Crippen molar-refractivity contribution in [3.05, 3.63) is 21.9 Å². The van der Waals surface area contributed by atoms with Crippen molar-refractivity contribution in [1.82, 2.24) is 0 Å². The average molecular weight is 192 g/mol. The van der Waals surface area contributed by atoms with Crippen molar-refractivity contribution in [3.8, 4) is 0 Å². The second-order valence-electron chi connectivity index (χ2n) is 1.99. The molecule has 0 aromatic carbocycles. The van der Waals surface area contributed by atoms with Crippen LogP contribution in [0.15, 0.2) is 11.4 Å². The molecule has 5 heteroatoms. The summed E-state index contributed by atoms with van der Waals surface area (Å²) in [7, 11) is 1.16. The van der Waals surface area contributed by atoms with Gasteiger partial charge in [-0.3, -0.25) is 0 Å². The summed E-state index contributed by atoms with van der Waals surface area (Å²) in [6, 6.07) is 1.33. The van der Waals surface area contributed by atoms with Crippen LogP contribution in [-0.4, -0.2) is 13.1 Å². The highest BCUT2D eigenvalue weighted by Crippen LogP contribution is 2.28. The second-order valence-corrected chi connectivity index (χ2v) is 2.94. The highest BCUT2D eigenvalue weighted by atomic mass is 32.1. The molecule has 0 aliphatic rings. The molecular weight excluding hydrogens is 186 g/mol. The lowest BCUT2D eigenvalue weighted by Crippen LogP contribution is -2.02. The summed E-state index contributed by atoms with van der Waals surface area (Å²) in [6.07, 6.45) is -2.61. The van der Waals surface area contributed by atoms with Crippen molar-refractivity contribution in [3.63, 3.8) is 0 Å². The Morgan fingerprint density at radius 3 is 2.83 bits per heavy atom. The molecule has 0 saturated heterocycles. The fourth-order valence-electron chi connectivity index (χ4n) is 0.769. The van der Waals surface area contributed by atoms with Gasteiger partial charge >= 0.3 is 5.97 Å². The molecule has 0 atom stereocenters. The first-order chi connectivity index (χ1) is 5.66. The van der Waals surface area contributed by atoms with Crippen molar-refractivity contribution < 1.29 is 18.3 Å². The molecule has 66 valence electrons. The van der Waals surface area contributed by atoms with E-state index in [-0.39, 0.29) is 10.4 Å². The van der Waals surface area contributed by atoms with Crippen LogP contribution in [0.4, 0.5) is 8.78 Å². The summed E-state index contributed by atoms with van der Waals surface area (Å²) in [5, 5.41) is 1.44. The zero-order chi connectivity index (χ0) is 9.14. The van der Waals surface area contributed by atoms with Crippen LogP contribution in [0.25, 0.3) is 0 Å². The third kappa shape index (κ3) is 1.61. The molecule has 0 aliphatic carbocycles. The summed E-state index contributed by atoms with van der Waals surface area (Å²) in [4.78, 5) is 10.6. The third-order valence-electron chi connectivity index (χ3n) is 1.30. The number of hydrogen-bond donors (Lipinski definition) is 0. The Labute approximate surface area is 71.8 Å². The van der Waals surface area contributed by atoms with Crippen LogP contribution in [0, 0.1) is 0 Å². The van der Waals surface area contributed by atoms with Gasteiger partial charge in [0.15, 0.2) is 0 Å². The highest BCUT2D eigenvalue weighted by molar-refractivity contribution is 7.10. The van der Waals surface area contributed by atoms with Crippen LogP contribution in [0.3, 0.4) is 0 Å². The van der Waals surface area contributed by atoms with Crippen LogP contribution in [-0.2, 0) is 4.74 Å². The van der Waals surface area contributed by atoms with Gasteiger partial charge in [0.1, 0.15) is 0 Å². The normalized spacial score (nSPS) is 10.3. The molecule has 2 nitrogen and oxygen atoms in total. The Balaban J connectivity index is 2.99. The number of carbonyl (C=O) groups excluding carboxylic acids is 1. The Morgan fingerprint density at radius 1 is 1.67 bits per heavy atom. The van der Waals surface area contributed by atoms with Gasteiger partial charge in [-0.2, -0.15) is 0 Å². The first-order valence-corrected chi connectivity index (χ1v) is 3.98. The molecule has 0 amide bonds. The molecule has 0 unspecified atom stereocenters. The Morgan fingerprint density at radius 2 is 2.33 bits per heavy atom. The number of alkyl halides is 2. The van der Waals surface area contributed by atoms with E-state index in [4.69, 9.17) is 0 Å². The van der Waals surface area contributed by atoms with E-state index in [0.717, 1.165) is 18.4 Å². The summed E-state index contributed by atoms with van der Waals surface area (Å²) < 4.78 is 28.6. The van der Waals surface area contributed by atoms with E-state index < -0.39 is 12.4 Å². The first-order valence-electron chi connectivity index (χ1n) is 3.10. The Hall–Kier alpha value is -0.970. The molecule has 12 heavy (non-hydrogen) atoms. The van der Waals surface area contributed by atoms with Crippen LogP contribution in [0.2, 0.25) is 0 Å². The number of thiophene rings is 1. The van der Waals surface area contributed by atoms with Gasteiger partial charge in [-0.05, 0) is 11.4 Å². The van der Waals surface area contributed by atoms with Gasteiger partial charge in [0, 0.05) is 0 Å². The van der Waals surface area contributed by atoms with Gasteiger partial charge in [-0.25, -0.2) is 13.6 Å². The number of carbonyl (C=O) groups is 1. The predicted octanol–water partition coefficient (Wildman–Crippen LogP) is 2.47. The molecule has 1 rings (SSSR count). The smallest absolute Gasteiger partial charge is 0.339 e. The van der Waals surface area contributed by atoms with Gasteiger partial charge in [-0.1, -0.05) is 0 Å². The van der Waals surface area contributed by atoms with Gasteiger partial charge in [0.25, 0.3) is 6.43 Å². The molecular formula is C7H6F2O2S. The fraction of sp³-hybridized carbons (Fsp3) is 0.286. The van der Waals surface area contributed by atoms with Crippen molar-refractivity contribution >= 4 is 17.3 Å². The maximum Gasteiger partial charge on any atom is 0.339 e. The number of esters is 1. The van der Waals surface area contributed by atoms with E-state index in [0.29, 0.717) is 0 Å². The molecule has 1 heterocycles. The molecule has 0 spiro atoms. The van der Waals surface area contributed by atoms with Crippen molar-refractivity contribution in [2.45, 2.75) is 6.43 Å². The molecule has 0 aliphatic heterocycles. The van der Waals surface area contributed by atoms with Crippen LogP contribution >= 0.6 is 11.3 Å². The minimum atomic E-state index is -2.61. The molecule has 0 bridgehead atoms. The summed E-state index contributed by atoms with van der Waals surface area (Å²) in [6.45, 7) is 0. The van der Waals surface area contributed by atoms with Gasteiger partial charge in [0.2, 0.25) is 0 Å². The first kappa shape index (κ1) is 9.12. The molecule has 0 N–H and O–H groups in total. The van der Waals surface area contributed by atoms with Crippen LogP contribution in [0.5, 0.6) is 0 Å². The fourth-order valence-corrected chi connectivity index (χ4v) is 1.50. The summed E-state index contributed by atoms with van der Waals surface area (Å²) in [5.74, 6) is -0.716. The quantitative estimate of drug-likeness (QED) is 0.673. The monoisotopic (exact) mass is 192 g/mol. The van der Waals surface area contributed by atoms with Crippen molar-refractivity contribution in [2.24, 2.45) is 0 Å². The topological polar surface area (TPSA) is 26.3 Å². The van der Waals surface area contributed by atoms with Gasteiger partial charge in [0.05, 0.1) is 17.6 Å². The second kappa shape index (κ2) is 3.62. The average Bonchev–Trinajstić information content (AvgIpc) is 2.50. The van der Waals surface area contributed by atoms with Crippen molar-refractivity contribution in [2.75, 3.05) is 7.11 Å². The van der Waals surface area contributed by atoms with Crippen molar-refractivity contribution in [1.29, 1.82) is 0 Å². The van der Waals surface area contributed by atoms with Gasteiger partial charge in [-0.15, -0.1) is 11.3 Å². The lowest BCUT2D eigenvalue weighted by molar-refractivity contribution is 0.0591. The van der Waals surface area contributed by atoms with E-state index in [1.807, 2.05) is 0 Å². The van der Waals surface area contributed by atoms with E-state index >= 15 is 0 Å². The standard InChI is InChI=1S/C7H6F2O2S/c1-11-7(10)4-2-3-12-5(4)6(8)9/h2-3,6H,1H3. The SMILES string of the molecule is COC(=O)c1ccsc1C(F)F. The lowest BCUT2D eigenvalue weighted by Gasteiger charge is -1.99. The maximum atomic E-state index is 12.2. The predicted molar refractivity (Wildman–Crippen MR) is 40.6 cm³/mol. The molecule has 0 saturated carbocycles. The molecule has 1 aromatic rings. The Bertz CT molecular complexity index is 283. The molecule has 1 aromatic heterocycles. The van der Waals surface area contributed by atoms with E-state index in [1.165, 1.54) is 11.4 Å². The Kier molecular flexibility index (Phi) is 2.75. The number of ether oxygens (including phenoxy) is 1. The van der Waals surface area contributed by atoms with E-state index in [9.17, 15) is 13.6 Å². The van der Waals surface area contributed by atoms with E-state index in [1.54, 1.807) is 0 Å². The van der Waals surface area contributed by atoms with E-state index in [2.05, 4.69) is 4.74 Å². The number of hydrogen-bond acceptors (Lipinski definition) is 3. The minimum absolute atomic E-state index is 0.0440. The number of rotatable bonds is 2. The van der Waals surface area contributed by atoms with Crippen LogP contribution < -0.4 is 0 Å². The van der Waals surface area contributed by atoms with Crippen LogP contribution in [0.1, 0.15) is 21.7 Å². The highest BCUT2D eigenvalue weighted by Gasteiger charge is 2.19. The summed E-state index contributed by atoms with van der Waals surface area (Å²) in [5.41, 5.74) is -0.0440. The minimum Gasteiger partial charge on any atom is -0.465 e. The third-order valence-corrected chi connectivity index (χ3v) is 2.22.